The number of aliphatic hydroxyl groups excluding tert-OH is 2. The van der Waals surface area contributed by atoms with Crippen molar-refractivity contribution in [3.8, 4) is 0 Å². The minimum atomic E-state index is -1.27. The van der Waals surface area contributed by atoms with Gasteiger partial charge >= 0.3 is 51.4 Å². The predicted molar refractivity (Wildman–Crippen MR) is 119 cm³/mol. The summed E-state index contributed by atoms with van der Waals surface area (Å²) in [5, 5.41) is 34.8. The summed E-state index contributed by atoms with van der Waals surface area (Å²) in [6.07, 6.45) is 9.01. The molecule has 0 spiro atoms. The first-order valence-corrected chi connectivity index (χ1v) is 12.9. The molecule has 182 valence electrons. The van der Waals surface area contributed by atoms with Gasteiger partial charge in [0.2, 0.25) is 5.91 Å². The fourth-order valence-electron chi connectivity index (χ4n) is 8.98. The van der Waals surface area contributed by atoms with Crippen molar-refractivity contribution >= 4 is 11.9 Å². The molecule has 0 aromatic carbocycles. The number of fused-ring (bicyclic) bond motifs is 5. The molecule has 1 amide bonds. The average molecular weight is 488 g/mol. The zero-order valence-corrected chi connectivity index (χ0v) is 24.1. The zero-order valence-electron chi connectivity index (χ0n) is 21.0. The van der Waals surface area contributed by atoms with Gasteiger partial charge in [-0.2, -0.15) is 0 Å². The Labute approximate surface area is 241 Å². The molecule has 0 aromatic heterocycles. The van der Waals surface area contributed by atoms with Crippen LogP contribution in [0.2, 0.25) is 0 Å². The van der Waals surface area contributed by atoms with Crippen LogP contribution in [0.5, 0.6) is 0 Å². The van der Waals surface area contributed by atoms with Gasteiger partial charge in [-0.25, -0.2) is 0 Å². The minimum absolute atomic E-state index is 0. The predicted octanol–water partition coefficient (Wildman–Crippen LogP) is -0.737. The van der Waals surface area contributed by atoms with Crippen molar-refractivity contribution in [2.45, 2.75) is 97.2 Å². The number of carbonyl (C=O) groups is 2. The molecule has 0 aliphatic heterocycles. The molecule has 10 atom stereocenters. The van der Waals surface area contributed by atoms with Crippen molar-refractivity contribution in [3.63, 3.8) is 0 Å². The molecule has 4 fully saturated rings. The van der Waals surface area contributed by atoms with Crippen LogP contribution in [0.15, 0.2) is 0 Å². The summed E-state index contributed by atoms with van der Waals surface area (Å²) in [6.45, 7) is 6.51. The summed E-state index contributed by atoms with van der Waals surface area (Å²) < 4.78 is 0. The van der Waals surface area contributed by atoms with Crippen LogP contribution < -0.4 is 61.8 Å². The van der Waals surface area contributed by atoms with Gasteiger partial charge in [0.05, 0.1) is 24.7 Å². The van der Waals surface area contributed by atoms with Gasteiger partial charge in [0, 0.05) is 6.42 Å². The second-order valence-corrected chi connectivity index (χ2v) is 12.1. The van der Waals surface area contributed by atoms with Crippen LogP contribution >= 0.6 is 0 Å². The number of carboxylic acids is 1. The quantitative estimate of drug-likeness (QED) is 0.428. The molecule has 6 nitrogen and oxygen atoms in total. The second kappa shape index (κ2) is 10.9. The molecule has 0 aromatic rings. The fourth-order valence-corrected chi connectivity index (χ4v) is 8.98. The maximum atomic E-state index is 12.0. The van der Waals surface area contributed by atoms with E-state index in [1.54, 1.807) is 0 Å². The van der Waals surface area contributed by atoms with Crippen molar-refractivity contribution in [3.05, 3.63) is 0 Å². The van der Waals surface area contributed by atoms with Gasteiger partial charge < -0.3 is 25.4 Å². The van der Waals surface area contributed by atoms with Crippen LogP contribution in [0.3, 0.4) is 0 Å². The molecule has 4 saturated carbocycles. The molecule has 0 heterocycles. The minimum Gasteiger partial charge on any atom is -0.548 e. The number of aliphatic hydroxyl groups is 2. The average Bonchev–Trinajstić information content (AvgIpc) is 3.10. The van der Waals surface area contributed by atoms with Crippen LogP contribution in [0.25, 0.3) is 0 Å². The molecule has 4 rings (SSSR count). The first kappa shape index (κ1) is 28.1. The normalized spacial score (nSPS) is 45.1. The van der Waals surface area contributed by atoms with Gasteiger partial charge in [-0.15, -0.1) is 0 Å². The summed E-state index contributed by atoms with van der Waals surface area (Å²) in [7, 11) is 0. The van der Waals surface area contributed by atoms with E-state index in [-0.39, 0.29) is 80.3 Å². The van der Waals surface area contributed by atoms with Gasteiger partial charge in [-0.05, 0) is 104 Å². The monoisotopic (exact) mass is 487 g/mol. The molecule has 33 heavy (non-hydrogen) atoms. The molecule has 4 unspecified atom stereocenters. The number of hydrogen-bond donors (Lipinski definition) is 3. The maximum absolute atomic E-state index is 12.0. The third kappa shape index (κ3) is 5.16. The third-order valence-electron chi connectivity index (χ3n) is 10.8. The maximum Gasteiger partial charge on any atom is 1.00 e. The Hall–Kier alpha value is 0.496. The van der Waals surface area contributed by atoms with Gasteiger partial charge in [-0.3, -0.25) is 4.79 Å². The number of aliphatic carboxylic acids is 1. The van der Waals surface area contributed by atoms with Crippen LogP contribution in [-0.2, 0) is 9.59 Å². The summed E-state index contributed by atoms with van der Waals surface area (Å²) in [6, 6.07) is 0. The van der Waals surface area contributed by atoms with Crippen molar-refractivity contribution in [1.82, 2.24) is 5.32 Å². The van der Waals surface area contributed by atoms with E-state index in [0.29, 0.717) is 48.3 Å². The fraction of sp³-hybridized carbons (Fsp3) is 0.923. The van der Waals surface area contributed by atoms with Gasteiger partial charge in [-0.1, -0.05) is 20.8 Å². The SMILES string of the molecule is C[C@H](CCC(=O)NCC(=O)[O-])[C@H]1CCC2C3CCC4C[C@H](O)CC[C@]4(C)C3C[C@H](O)[C@@]21C.[K+]. The van der Waals surface area contributed by atoms with Crippen LogP contribution in [0, 0.1) is 46.3 Å². The number of carbonyl (C=O) groups excluding carboxylic acids is 2. The summed E-state index contributed by atoms with van der Waals surface area (Å²) in [4.78, 5) is 22.6. The number of carboxylic acid groups (broad SMARTS) is 1. The number of hydrogen-bond acceptors (Lipinski definition) is 5. The van der Waals surface area contributed by atoms with Crippen LogP contribution in [-0.4, -0.2) is 40.8 Å². The summed E-state index contributed by atoms with van der Waals surface area (Å²) >= 11 is 0. The van der Waals surface area contributed by atoms with Crippen molar-refractivity contribution in [1.29, 1.82) is 0 Å². The van der Waals surface area contributed by atoms with E-state index in [9.17, 15) is 24.9 Å². The van der Waals surface area contributed by atoms with E-state index in [1.165, 1.54) is 12.8 Å². The molecule has 4 aliphatic carbocycles. The van der Waals surface area contributed by atoms with E-state index in [1.807, 2.05) is 0 Å². The smallest absolute Gasteiger partial charge is 0.548 e. The Morgan fingerprint density at radius 3 is 2.48 bits per heavy atom. The van der Waals surface area contributed by atoms with E-state index in [2.05, 4.69) is 26.1 Å². The Kier molecular flexibility index (Phi) is 9.23. The van der Waals surface area contributed by atoms with E-state index >= 15 is 0 Å². The molecule has 0 bridgehead atoms. The Morgan fingerprint density at radius 1 is 1.06 bits per heavy atom. The molecule has 0 saturated heterocycles. The molecular weight excluding hydrogens is 445 g/mol. The Morgan fingerprint density at radius 2 is 1.79 bits per heavy atom. The molecular formula is C26H42KNO5. The van der Waals surface area contributed by atoms with Crippen molar-refractivity contribution < 1.29 is 76.3 Å². The molecule has 7 heteroatoms. The number of nitrogens with one attached hydrogen (secondary N) is 1. The van der Waals surface area contributed by atoms with Crippen LogP contribution in [0.1, 0.15) is 85.0 Å². The zero-order chi connectivity index (χ0) is 23.3. The molecule has 4 aliphatic rings. The number of amides is 1. The second-order valence-electron chi connectivity index (χ2n) is 12.1. The van der Waals surface area contributed by atoms with E-state index in [4.69, 9.17) is 0 Å². The summed E-state index contributed by atoms with van der Waals surface area (Å²) in [5.41, 5.74) is 0.130. The largest absolute Gasteiger partial charge is 1.00 e. The first-order chi connectivity index (χ1) is 15.1. The molecule has 3 N–H and O–H groups in total. The number of rotatable bonds is 6. The standard InChI is InChI=1S/C26H43NO5.K/c1-15(4-9-23(30)27-14-24(31)32)19-7-8-20-18-6-5-16-12-17(28)10-11-25(16,2)21(18)13-22(29)26(19,20)3;/h15-22,28-29H,4-14H2,1-3H3,(H,27,30)(H,31,32);/q;+1/p-1/t15-,16?,17-,18?,19-,20?,21?,22+,25+,26-;/m1./s1. The molecule has 0 radical (unpaired) electrons. The van der Waals surface area contributed by atoms with Crippen molar-refractivity contribution in [2.75, 3.05) is 6.54 Å². The Balaban J connectivity index is 0.00000306. The topological polar surface area (TPSA) is 110 Å². The Bertz CT molecular complexity index is 733. The third-order valence-corrected chi connectivity index (χ3v) is 10.8. The van der Waals surface area contributed by atoms with Gasteiger partial charge in [0.25, 0.3) is 0 Å². The van der Waals surface area contributed by atoms with Crippen LogP contribution in [0.4, 0.5) is 0 Å². The van der Waals surface area contributed by atoms with E-state index < -0.39 is 12.5 Å². The summed E-state index contributed by atoms with van der Waals surface area (Å²) in [5.74, 6) is 1.50. The van der Waals surface area contributed by atoms with Gasteiger partial charge in [0.1, 0.15) is 0 Å². The van der Waals surface area contributed by atoms with Gasteiger partial charge in [0.15, 0.2) is 0 Å². The van der Waals surface area contributed by atoms with Crippen molar-refractivity contribution in [2.24, 2.45) is 46.3 Å². The van der Waals surface area contributed by atoms with E-state index in [0.717, 1.165) is 38.5 Å². The first-order valence-electron chi connectivity index (χ1n) is 12.9.